The van der Waals surface area contributed by atoms with Crippen LogP contribution in [0.1, 0.15) is 24.5 Å². The van der Waals surface area contributed by atoms with E-state index >= 15 is 0 Å². The Labute approximate surface area is 141 Å². The summed E-state index contributed by atoms with van der Waals surface area (Å²) in [6.45, 7) is 3.16. The van der Waals surface area contributed by atoms with Gasteiger partial charge in [-0.05, 0) is 37.5 Å². The lowest BCUT2D eigenvalue weighted by Gasteiger charge is -2.23. The molecule has 1 saturated heterocycles. The lowest BCUT2D eigenvalue weighted by atomic mass is 10.0. The number of sulfone groups is 1. The van der Waals surface area contributed by atoms with Gasteiger partial charge >= 0.3 is 5.97 Å². The summed E-state index contributed by atoms with van der Waals surface area (Å²) in [6, 6.07) is 7.56. The number of amides is 1. The number of carbonyl (C=O) groups excluding carboxylic acids is 2. The van der Waals surface area contributed by atoms with Gasteiger partial charge in [-0.3, -0.25) is 4.79 Å². The molecule has 130 valence electrons. The quantitative estimate of drug-likeness (QED) is 0.637. The van der Waals surface area contributed by atoms with Crippen LogP contribution in [0.3, 0.4) is 0 Å². The monoisotopic (exact) mass is 351 g/mol. The van der Waals surface area contributed by atoms with Crippen molar-refractivity contribution in [2.75, 3.05) is 18.1 Å². The van der Waals surface area contributed by atoms with E-state index in [1.54, 1.807) is 13.0 Å². The third-order valence-electron chi connectivity index (χ3n) is 3.88. The number of aryl methyl sites for hydroxylation is 1. The second-order valence-electron chi connectivity index (χ2n) is 6.25. The van der Waals surface area contributed by atoms with Crippen LogP contribution in [-0.2, 0) is 24.2 Å². The molecule has 1 aliphatic rings. The molecule has 1 aromatic rings. The van der Waals surface area contributed by atoms with Gasteiger partial charge in [0.05, 0.1) is 17.0 Å². The molecule has 1 aliphatic heterocycles. The second kappa shape index (κ2) is 7.17. The molecular weight excluding hydrogens is 330 g/mol. The van der Waals surface area contributed by atoms with E-state index in [1.165, 1.54) is 6.08 Å². The highest BCUT2D eigenvalue weighted by Gasteiger charge is 2.39. The molecule has 1 N–H and O–H groups in total. The fourth-order valence-corrected chi connectivity index (χ4v) is 4.69. The van der Waals surface area contributed by atoms with E-state index in [1.807, 2.05) is 31.2 Å². The molecule has 0 radical (unpaired) electrons. The maximum atomic E-state index is 11.8. The smallest absolute Gasteiger partial charge is 0.331 e. The van der Waals surface area contributed by atoms with Crippen molar-refractivity contribution in [2.24, 2.45) is 0 Å². The average molecular weight is 351 g/mol. The van der Waals surface area contributed by atoms with Crippen molar-refractivity contribution in [1.29, 1.82) is 0 Å². The van der Waals surface area contributed by atoms with Crippen molar-refractivity contribution in [2.45, 2.75) is 25.8 Å². The Balaban J connectivity index is 1.82. The minimum atomic E-state index is -3.11. The Morgan fingerprint density at radius 2 is 2.04 bits per heavy atom. The number of nitrogens with one attached hydrogen (secondary N) is 1. The fraction of sp³-hybridized carbons (Fsp3) is 0.412. The second-order valence-corrected chi connectivity index (χ2v) is 8.43. The van der Waals surface area contributed by atoms with E-state index in [4.69, 9.17) is 4.74 Å². The van der Waals surface area contributed by atoms with Gasteiger partial charge in [-0.1, -0.05) is 24.3 Å². The fourth-order valence-electron chi connectivity index (χ4n) is 2.60. The lowest BCUT2D eigenvalue weighted by Crippen LogP contribution is -2.48. The van der Waals surface area contributed by atoms with Crippen LogP contribution in [0, 0.1) is 6.92 Å². The van der Waals surface area contributed by atoms with Crippen molar-refractivity contribution >= 4 is 27.8 Å². The minimum Gasteiger partial charge on any atom is -0.452 e. The maximum absolute atomic E-state index is 11.8. The van der Waals surface area contributed by atoms with E-state index < -0.39 is 33.9 Å². The third kappa shape index (κ3) is 5.19. The predicted molar refractivity (Wildman–Crippen MR) is 91.0 cm³/mol. The van der Waals surface area contributed by atoms with Gasteiger partial charge < -0.3 is 10.1 Å². The van der Waals surface area contributed by atoms with Crippen LogP contribution in [0.2, 0.25) is 0 Å². The zero-order valence-electron chi connectivity index (χ0n) is 13.7. The SMILES string of the molecule is Cc1ccccc1/C=C/C(=O)OCC(=O)N[C@@]1(C)CCS(=O)(=O)C1. The van der Waals surface area contributed by atoms with Gasteiger partial charge in [0.15, 0.2) is 16.4 Å². The lowest BCUT2D eigenvalue weighted by molar-refractivity contribution is -0.144. The largest absolute Gasteiger partial charge is 0.452 e. The van der Waals surface area contributed by atoms with Crippen LogP contribution >= 0.6 is 0 Å². The van der Waals surface area contributed by atoms with E-state index in [9.17, 15) is 18.0 Å². The summed E-state index contributed by atoms with van der Waals surface area (Å²) in [6.07, 6.45) is 3.25. The highest BCUT2D eigenvalue weighted by atomic mass is 32.2. The Morgan fingerprint density at radius 3 is 2.67 bits per heavy atom. The molecule has 0 bridgehead atoms. The van der Waals surface area contributed by atoms with Crippen LogP contribution in [-0.4, -0.2) is 43.9 Å². The first-order chi connectivity index (χ1) is 11.2. The molecule has 24 heavy (non-hydrogen) atoms. The summed E-state index contributed by atoms with van der Waals surface area (Å²) in [5.41, 5.74) is 1.12. The van der Waals surface area contributed by atoms with Crippen molar-refractivity contribution in [3.05, 3.63) is 41.5 Å². The minimum absolute atomic E-state index is 0.0583. The van der Waals surface area contributed by atoms with Crippen molar-refractivity contribution in [1.82, 2.24) is 5.32 Å². The van der Waals surface area contributed by atoms with E-state index in [0.717, 1.165) is 11.1 Å². The highest BCUT2D eigenvalue weighted by Crippen LogP contribution is 2.22. The van der Waals surface area contributed by atoms with Gasteiger partial charge in [0, 0.05) is 6.08 Å². The molecule has 1 heterocycles. The molecular formula is C17H21NO5S. The van der Waals surface area contributed by atoms with E-state index in [0.29, 0.717) is 6.42 Å². The van der Waals surface area contributed by atoms with E-state index in [2.05, 4.69) is 5.32 Å². The first kappa shape index (κ1) is 18.2. The zero-order valence-corrected chi connectivity index (χ0v) is 14.6. The number of esters is 1. The molecule has 1 aromatic carbocycles. The van der Waals surface area contributed by atoms with Crippen LogP contribution in [0.15, 0.2) is 30.3 Å². The number of benzene rings is 1. The Kier molecular flexibility index (Phi) is 5.43. The first-order valence-corrected chi connectivity index (χ1v) is 9.43. The summed E-state index contributed by atoms with van der Waals surface area (Å²) in [7, 11) is -3.11. The zero-order chi connectivity index (χ0) is 17.8. The molecule has 7 heteroatoms. The summed E-state index contributed by atoms with van der Waals surface area (Å²) >= 11 is 0. The standard InChI is InChI=1S/C17H21NO5S/c1-13-5-3-4-6-14(13)7-8-16(20)23-11-15(19)18-17(2)9-10-24(21,22)12-17/h3-8H,9-12H2,1-2H3,(H,18,19)/b8-7+/t17-/m0/s1. The molecule has 2 rings (SSSR count). The molecule has 0 spiro atoms. The molecule has 1 amide bonds. The molecule has 6 nitrogen and oxygen atoms in total. The summed E-state index contributed by atoms with van der Waals surface area (Å²) in [5, 5.41) is 2.63. The van der Waals surface area contributed by atoms with Crippen molar-refractivity contribution < 1.29 is 22.7 Å². The van der Waals surface area contributed by atoms with Gasteiger partial charge in [-0.25, -0.2) is 13.2 Å². The third-order valence-corrected chi connectivity index (χ3v) is 5.78. The molecule has 0 aromatic heterocycles. The molecule has 0 unspecified atom stereocenters. The average Bonchev–Trinajstić information content (AvgIpc) is 2.77. The predicted octanol–water partition coefficient (Wildman–Crippen LogP) is 1.24. The van der Waals surface area contributed by atoms with Crippen LogP contribution < -0.4 is 5.32 Å². The van der Waals surface area contributed by atoms with Crippen LogP contribution in [0.25, 0.3) is 6.08 Å². The molecule has 1 atom stereocenters. The van der Waals surface area contributed by atoms with Gasteiger partial charge in [0.25, 0.3) is 5.91 Å². The summed E-state index contributed by atoms with van der Waals surface area (Å²) < 4.78 is 27.9. The number of ether oxygens (including phenoxy) is 1. The summed E-state index contributed by atoms with van der Waals surface area (Å²) in [4.78, 5) is 23.5. The van der Waals surface area contributed by atoms with Gasteiger partial charge in [-0.2, -0.15) is 0 Å². The summed E-state index contributed by atoms with van der Waals surface area (Å²) in [5.74, 6) is -1.17. The van der Waals surface area contributed by atoms with Gasteiger partial charge in [-0.15, -0.1) is 0 Å². The first-order valence-electron chi connectivity index (χ1n) is 7.61. The molecule has 0 saturated carbocycles. The Bertz CT molecular complexity index is 769. The van der Waals surface area contributed by atoms with Gasteiger partial charge in [0.2, 0.25) is 0 Å². The highest BCUT2D eigenvalue weighted by molar-refractivity contribution is 7.91. The van der Waals surface area contributed by atoms with Crippen LogP contribution in [0.4, 0.5) is 0 Å². The van der Waals surface area contributed by atoms with Crippen LogP contribution in [0.5, 0.6) is 0 Å². The molecule has 0 aliphatic carbocycles. The molecule has 1 fully saturated rings. The van der Waals surface area contributed by atoms with Crippen molar-refractivity contribution in [3.8, 4) is 0 Å². The normalized spacial score (nSPS) is 22.4. The number of rotatable bonds is 5. The van der Waals surface area contributed by atoms with E-state index in [-0.39, 0.29) is 11.5 Å². The van der Waals surface area contributed by atoms with Gasteiger partial charge in [0.1, 0.15) is 0 Å². The Morgan fingerprint density at radius 1 is 1.33 bits per heavy atom. The topological polar surface area (TPSA) is 89.5 Å². The number of hydrogen-bond acceptors (Lipinski definition) is 5. The number of hydrogen-bond donors (Lipinski definition) is 1. The number of carbonyl (C=O) groups is 2. The van der Waals surface area contributed by atoms with Crippen molar-refractivity contribution in [3.63, 3.8) is 0 Å². The maximum Gasteiger partial charge on any atom is 0.331 e. The Hall–Kier alpha value is -2.15.